The van der Waals surface area contributed by atoms with Crippen LogP contribution in [0.25, 0.3) is 0 Å². The smallest absolute Gasteiger partial charge is 0.223 e. The molecule has 0 spiro atoms. The highest BCUT2D eigenvalue weighted by Gasteiger charge is 2.35. The lowest BCUT2D eigenvalue weighted by atomic mass is 9.78. The lowest BCUT2D eigenvalue weighted by Crippen LogP contribution is -2.50. The minimum Gasteiger partial charge on any atom is -0.339 e. The maximum atomic E-state index is 12.7. The maximum absolute atomic E-state index is 12.7. The summed E-state index contributed by atoms with van der Waals surface area (Å²) in [7, 11) is 0. The van der Waals surface area contributed by atoms with E-state index in [1.54, 1.807) is 0 Å². The van der Waals surface area contributed by atoms with Crippen molar-refractivity contribution in [1.82, 2.24) is 4.90 Å². The molecule has 3 nitrogen and oxygen atoms in total. The second-order valence-corrected chi connectivity index (χ2v) is 7.28. The average Bonchev–Trinajstić information content (AvgIpc) is 2.45. The second kappa shape index (κ2) is 7.44. The normalized spacial score (nSPS) is 28.3. The van der Waals surface area contributed by atoms with Gasteiger partial charge >= 0.3 is 0 Å². The number of rotatable bonds is 5. The van der Waals surface area contributed by atoms with E-state index in [4.69, 9.17) is 5.73 Å². The van der Waals surface area contributed by atoms with Crippen LogP contribution < -0.4 is 5.73 Å². The molecule has 0 unspecified atom stereocenters. The Morgan fingerprint density at radius 3 is 2.60 bits per heavy atom. The molecule has 0 bridgehead atoms. The Labute approximate surface area is 124 Å². The van der Waals surface area contributed by atoms with Gasteiger partial charge < -0.3 is 10.6 Å². The van der Waals surface area contributed by atoms with Crippen molar-refractivity contribution in [2.75, 3.05) is 13.1 Å². The van der Waals surface area contributed by atoms with E-state index in [-0.39, 0.29) is 0 Å². The first-order valence-corrected chi connectivity index (χ1v) is 8.61. The van der Waals surface area contributed by atoms with Gasteiger partial charge in [-0.05, 0) is 56.4 Å². The molecule has 1 heterocycles. The molecule has 0 radical (unpaired) electrons. The zero-order valence-corrected chi connectivity index (χ0v) is 13.3. The molecular formula is C17H32N2O. The van der Waals surface area contributed by atoms with Crippen LogP contribution in [0, 0.1) is 17.8 Å². The third-order valence-electron chi connectivity index (χ3n) is 5.16. The van der Waals surface area contributed by atoms with E-state index in [0.29, 0.717) is 36.8 Å². The Bertz CT molecular complexity index is 314. The van der Waals surface area contributed by atoms with E-state index in [1.807, 2.05) is 0 Å². The Morgan fingerprint density at radius 1 is 1.20 bits per heavy atom. The topological polar surface area (TPSA) is 46.3 Å². The molecule has 2 aliphatic rings. The molecule has 1 amide bonds. The lowest BCUT2D eigenvalue weighted by Gasteiger charge is -2.44. The fourth-order valence-electron chi connectivity index (χ4n) is 4.23. The van der Waals surface area contributed by atoms with E-state index in [1.165, 1.54) is 38.5 Å². The summed E-state index contributed by atoms with van der Waals surface area (Å²) in [6.07, 6.45) is 9.50. The number of carbonyl (C=O) groups is 1. The summed E-state index contributed by atoms with van der Waals surface area (Å²) in [5, 5.41) is 0. The third-order valence-corrected chi connectivity index (χ3v) is 5.16. The number of nitrogens with two attached hydrogens (primary N) is 1. The van der Waals surface area contributed by atoms with Gasteiger partial charge in [-0.1, -0.05) is 26.7 Å². The van der Waals surface area contributed by atoms with Crippen LogP contribution in [-0.4, -0.2) is 29.9 Å². The van der Waals surface area contributed by atoms with E-state index < -0.39 is 0 Å². The second-order valence-electron chi connectivity index (χ2n) is 7.28. The highest BCUT2D eigenvalue weighted by molar-refractivity contribution is 5.77. The number of hydrogen-bond acceptors (Lipinski definition) is 2. The molecule has 20 heavy (non-hydrogen) atoms. The number of amides is 1. The van der Waals surface area contributed by atoms with Gasteiger partial charge in [0.05, 0.1) is 0 Å². The van der Waals surface area contributed by atoms with Gasteiger partial charge in [0.2, 0.25) is 5.91 Å². The molecule has 0 aromatic heterocycles. The number of fused-ring (bicyclic) bond motifs is 1. The Balaban J connectivity index is 1.92. The van der Waals surface area contributed by atoms with Crippen molar-refractivity contribution in [1.29, 1.82) is 0 Å². The molecule has 0 aromatic rings. The summed E-state index contributed by atoms with van der Waals surface area (Å²) in [6, 6.07) is 0.544. The van der Waals surface area contributed by atoms with Crippen LogP contribution in [0.15, 0.2) is 0 Å². The van der Waals surface area contributed by atoms with Crippen LogP contribution in [0.5, 0.6) is 0 Å². The molecule has 1 saturated carbocycles. The highest BCUT2D eigenvalue weighted by atomic mass is 16.2. The van der Waals surface area contributed by atoms with E-state index in [0.717, 1.165) is 18.9 Å². The zero-order chi connectivity index (χ0) is 14.5. The number of carbonyl (C=O) groups excluding carboxylic acids is 1. The van der Waals surface area contributed by atoms with Gasteiger partial charge in [-0.15, -0.1) is 0 Å². The molecule has 1 aliphatic carbocycles. The van der Waals surface area contributed by atoms with Gasteiger partial charge in [-0.3, -0.25) is 4.79 Å². The summed E-state index contributed by atoms with van der Waals surface area (Å²) in [4.78, 5) is 14.9. The van der Waals surface area contributed by atoms with Crippen molar-refractivity contribution < 1.29 is 4.79 Å². The molecule has 2 fully saturated rings. The maximum Gasteiger partial charge on any atom is 0.223 e. The Hall–Kier alpha value is -0.570. The van der Waals surface area contributed by atoms with Gasteiger partial charge in [0.25, 0.3) is 0 Å². The number of piperidine rings is 1. The van der Waals surface area contributed by atoms with Crippen molar-refractivity contribution in [2.24, 2.45) is 23.5 Å². The zero-order valence-electron chi connectivity index (χ0n) is 13.3. The largest absolute Gasteiger partial charge is 0.339 e. The van der Waals surface area contributed by atoms with Gasteiger partial charge in [0.1, 0.15) is 0 Å². The molecule has 1 aliphatic heterocycles. The van der Waals surface area contributed by atoms with E-state index in [9.17, 15) is 4.79 Å². The van der Waals surface area contributed by atoms with Crippen molar-refractivity contribution in [3.63, 3.8) is 0 Å². The number of likely N-dealkylation sites (tertiary alicyclic amines) is 1. The third kappa shape index (κ3) is 3.97. The van der Waals surface area contributed by atoms with Crippen molar-refractivity contribution in [2.45, 2.75) is 71.3 Å². The lowest BCUT2D eigenvalue weighted by molar-refractivity contribution is -0.138. The molecule has 116 valence electrons. The average molecular weight is 280 g/mol. The summed E-state index contributed by atoms with van der Waals surface area (Å²) >= 11 is 0. The number of nitrogens with zero attached hydrogens (tertiary/aromatic N) is 1. The van der Waals surface area contributed by atoms with Gasteiger partial charge in [-0.2, -0.15) is 0 Å². The fourth-order valence-corrected chi connectivity index (χ4v) is 4.23. The van der Waals surface area contributed by atoms with Crippen LogP contribution >= 0.6 is 0 Å². The van der Waals surface area contributed by atoms with Crippen LogP contribution in [0.4, 0.5) is 0 Å². The molecule has 3 atom stereocenters. The van der Waals surface area contributed by atoms with Crippen LogP contribution in [0.1, 0.15) is 65.2 Å². The van der Waals surface area contributed by atoms with Gasteiger partial charge in [0.15, 0.2) is 0 Å². The summed E-state index contributed by atoms with van der Waals surface area (Å²) in [6.45, 7) is 6.06. The minimum atomic E-state index is 0.367. The standard InChI is InChI=1S/C17H32N2O/c1-13(2)10-14(12-18)11-17(20)19-9-5-7-15-6-3-4-8-16(15)19/h13-16H,3-12,18H2,1-2H3/t14-,15+,16+/m0/s1. The SMILES string of the molecule is CC(C)C[C@H](CN)CC(=O)N1CCC[C@H]2CCCC[C@H]21. The molecule has 3 heteroatoms. The monoisotopic (exact) mass is 280 g/mol. The molecule has 2 rings (SSSR count). The summed E-state index contributed by atoms with van der Waals surface area (Å²) in [5.41, 5.74) is 5.86. The van der Waals surface area contributed by atoms with E-state index >= 15 is 0 Å². The van der Waals surface area contributed by atoms with Crippen molar-refractivity contribution >= 4 is 5.91 Å². The van der Waals surface area contributed by atoms with Crippen LogP contribution in [-0.2, 0) is 4.79 Å². The van der Waals surface area contributed by atoms with Gasteiger partial charge in [-0.25, -0.2) is 0 Å². The first-order valence-electron chi connectivity index (χ1n) is 8.61. The Morgan fingerprint density at radius 2 is 1.90 bits per heavy atom. The Kier molecular flexibility index (Phi) is 5.88. The predicted octanol–water partition coefficient (Wildman–Crippen LogP) is 3.18. The molecule has 0 aromatic carbocycles. The minimum absolute atomic E-state index is 0.367. The first kappa shape index (κ1) is 15.8. The molecule has 2 N–H and O–H groups in total. The first-order chi connectivity index (χ1) is 9.61. The molecular weight excluding hydrogens is 248 g/mol. The van der Waals surface area contributed by atoms with Crippen molar-refractivity contribution in [3.8, 4) is 0 Å². The molecule has 1 saturated heterocycles. The highest BCUT2D eigenvalue weighted by Crippen LogP contribution is 2.35. The van der Waals surface area contributed by atoms with Gasteiger partial charge in [0, 0.05) is 19.0 Å². The summed E-state index contributed by atoms with van der Waals surface area (Å²) in [5.74, 6) is 2.15. The number of hydrogen-bond donors (Lipinski definition) is 1. The van der Waals surface area contributed by atoms with Crippen molar-refractivity contribution in [3.05, 3.63) is 0 Å². The quantitative estimate of drug-likeness (QED) is 0.840. The van der Waals surface area contributed by atoms with Crippen LogP contribution in [0.3, 0.4) is 0 Å². The predicted molar refractivity (Wildman–Crippen MR) is 83.3 cm³/mol. The fraction of sp³-hybridized carbons (Fsp3) is 0.941. The summed E-state index contributed by atoms with van der Waals surface area (Å²) < 4.78 is 0. The van der Waals surface area contributed by atoms with E-state index in [2.05, 4.69) is 18.7 Å². The van der Waals surface area contributed by atoms with Crippen LogP contribution in [0.2, 0.25) is 0 Å².